The van der Waals surface area contributed by atoms with E-state index in [-0.39, 0.29) is 12.4 Å². The van der Waals surface area contributed by atoms with Crippen molar-refractivity contribution in [2.75, 3.05) is 31.1 Å². The molecule has 1 fully saturated rings. The number of nitrogens with zero attached hydrogens (tertiary/aromatic N) is 2. The first-order chi connectivity index (χ1) is 12.7. The minimum Gasteiger partial charge on any atom is -0.392 e. The lowest BCUT2D eigenvalue weighted by Crippen LogP contribution is -2.45. The normalized spacial score (nSPS) is 18.3. The molecular formula is C22H27FN2O. The van der Waals surface area contributed by atoms with Gasteiger partial charge in [-0.2, -0.15) is 0 Å². The zero-order valence-electron chi connectivity index (χ0n) is 15.2. The Morgan fingerprint density at radius 1 is 1.04 bits per heavy atom. The fourth-order valence-electron chi connectivity index (χ4n) is 4.36. The molecule has 26 heavy (non-hydrogen) atoms. The van der Waals surface area contributed by atoms with Crippen LogP contribution in [0.1, 0.15) is 29.5 Å². The molecule has 4 heteroatoms. The summed E-state index contributed by atoms with van der Waals surface area (Å²) in [4.78, 5) is 5.01. The summed E-state index contributed by atoms with van der Waals surface area (Å²) >= 11 is 0. The zero-order chi connectivity index (χ0) is 17.9. The third-order valence-corrected chi connectivity index (χ3v) is 5.92. The molecule has 0 spiro atoms. The number of rotatable bonds is 5. The molecule has 2 aromatic carbocycles. The molecule has 3 nitrogen and oxygen atoms in total. The van der Waals surface area contributed by atoms with E-state index in [9.17, 15) is 9.50 Å². The summed E-state index contributed by atoms with van der Waals surface area (Å²) in [7, 11) is 0. The molecule has 0 saturated carbocycles. The molecule has 2 aromatic rings. The Hall–Kier alpha value is -1.91. The van der Waals surface area contributed by atoms with Crippen molar-refractivity contribution in [2.45, 2.75) is 38.3 Å². The minimum absolute atomic E-state index is 0.0873. The second-order valence-corrected chi connectivity index (χ2v) is 7.48. The highest BCUT2D eigenvalue weighted by Crippen LogP contribution is 2.33. The summed E-state index contributed by atoms with van der Waals surface area (Å²) in [6.45, 7) is 4.27. The van der Waals surface area contributed by atoms with E-state index >= 15 is 0 Å². The fourth-order valence-corrected chi connectivity index (χ4v) is 4.36. The van der Waals surface area contributed by atoms with E-state index in [0.29, 0.717) is 6.04 Å². The predicted octanol–water partition coefficient (Wildman–Crippen LogP) is 3.39. The van der Waals surface area contributed by atoms with Gasteiger partial charge >= 0.3 is 0 Å². The van der Waals surface area contributed by atoms with Crippen LogP contribution in [0, 0.1) is 5.82 Å². The summed E-state index contributed by atoms with van der Waals surface area (Å²) in [5, 5.41) is 9.42. The molecule has 138 valence electrons. The van der Waals surface area contributed by atoms with Crippen molar-refractivity contribution < 1.29 is 9.50 Å². The van der Waals surface area contributed by atoms with Crippen LogP contribution in [-0.2, 0) is 19.4 Å². The zero-order valence-corrected chi connectivity index (χ0v) is 15.2. The van der Waals surface area contributed by atoms with Crippen LogP contribution in [0.5, 0.6) is 0 Å². The maximum atomic E-state index is 13.8. The number of likely N-dealkylation sites (tertiary alicyclic amines) is 1. The van der Waals surface area contributed by atoms with Crippen molar-refractivity contribution in [1.29, 1.82) is 0 Å². The maximum absolute atomic E-state index is 13.8. The number of fused-ring (bicyclic) bond motifs is 1. The largest absolute Gasteiger partial charge is 0.392 e. The van der Waals surface area contributed by atoms with Crippen LogP contribution < -0.4 is 4.90 Å². The lowest BCUT2D eigenvalue weighted by atomic mass is 10.0. The summed E-state index contributed by atoms with van der Waals surface area (Å²) in [6.07, 6.45) is 4.19. The van der Waals surface area contributed by atoms with Crippen LogP contribution in [0.3, 0.4) is 0 Å². The SMILES string of the molecule is OCc1ccc2c(c1)N(C1CCN(CCc3ccccc3F)CC1)CC2. The number of aliphatic hydroxyl groups excluding tert-OH is 1. The number of halogens is 1. The number of hydrogen-bond acceptors (Lipinski definition) is 3. The Bertz CT molecular complexity index is 756. The van der Waals surface area contributed by atoms with Crippen LogP contribution in [0.2, 0.25) is 0 Å². The van der Waals surface area contributed by atoms with Gasteiger partial charge < -0.3 is 14.9 Å². The van der Waals surface area contributed by atoms with E-state index in [4.69, 9.17) is 0 Å². The third-order valence-electron chi connectivity index (χ3n) is 5.92. The standard InChI is InChI=1S/C22H27FN2O/c23-21-4-2-1-3-18(21)7-11-24-12-9-20(10-13-24)25-14-8-19-6-5-17(16-26)15-22(19)25/h1-6,15,20,26H,7-14,16H2. The van der Waals surface area contributed by atoms with E-state index < -0.39 is 0 Å². The maximum Gasteiger partial charge on any atom is 0.126 e. The third kappa shape index (κ3) is 3.62. The van der Waals surface area contributed by atoms with E-state index in [2.05, 4.69) is 21.9 Å². The highest BCUT2D eigenvalue weighted by molar-refractivity contribution is 5.60. The number of anilines is 1. The molecule has 2 aliphatic heterocycles. The second-order valence-electron chi connectivity index (χ2n) is 7.48. The predicted molar refractivity (Wildman–Crippen MR) is 103 cm³/mol. The minimum atomic E-state index is -0.0873. The smallest absolute Gasteiger partial charge is 0.126 e. The van der Waals surface area contributed by atoms with Crippen molar-refractivity contribution in [2.24, 2.45) is 0 Å². The van der Waals surface area contributed by atoms with Crippen molar-refractivity contribution in [3.8, 4) is 0 Å². The van der Waals surface area contributed by atoms with E-state index in [1.165, 1.54) is 11.3 Å². The van der Waals surface area contributed by atoms with Crippen molar-refractivity contribution in [1.82, 2.24) is 4.90 Å². The molecule has 0 radical (unpaired) electrons. The highest BCUT2D eigenvalue weighted by atomic mass is 19.1. The van der Waals surface area contributed by atoms with Crippen molar-refractivity contribution >= 4 is 5.69 Å². The Morgan fingerprint density at radius 3 is 2.62 bits per heavy atom. The van der Waals surface area contributed by atoms with Gasteiger partial charge in [-0.3, -0.25) is 0 Å². The number of piperidine rings is 1. The molecule has 0 atom stereocenters. The molecule has 0 unspecified atom stereocenters. The van der Waals surface area contributed by atoms with E-state index in [1.807, 2.05) is 18.2 Å². The molecule has 0 amide bonds. The number of hydrogen-bond donors (Lipinski definition) is 1. The van der Waals surface area contributed by atoms with E-state index in [0.717, 1.165) is 63.0 Å². The van der Waals surface area contributed by atoms with Crippen LogP contribution in [0.4, 0.5) is 10.1 Å². The van der Waals surface area contributed by atoms with Gasteiger partial charge in [0.05, 0.1) is 6.61 Å². The molecule has 2 heterocycles. The van der Waals surface area contributed by atoms with Crippen molar-refractivity contribution in [3.05, 3.63) is 65.0 Å². The Kier molecular flexibility index (Phi) is 5.23. The first-order valence-electron chi connectivity index (χ1n) is 9.69. The summed E-state index contributed by atoms with van der Waals surface area (Å²) in [6, 6.07) is 14.0. The molecule has 0 aliphatic carbocycles. The molecule has 2 aliphatic rings. The summed E-state index contributed by atoms with van der Waals surface area (Å²) in [5.41, 5.74) is 4.54. The van der Waals surface area contributed by atoms with Gasteiger partial charge in [-0.15, -0.1) is 0 Å². The van der Waals surface area contributed by atoms with Crippen LogP contribution in [-0.4, -0.2) is 42.2 Å². The van der Waals surface area contributed by atoms with Gasteiger partial charge in [0.2, 0.25) is 0 Å². The fraction of sp³-hybridized carbons (Fsp3) is 0.455. The van der Waals surface area contributed by atoms with Crippen LogP contribution in [0.15, 0.2) is 42.5 Å². The Labute approximate surface area is 155 Å². The lowest BCUT2D eigenvalue weighted by molar-refractivity contribution is 0.211. The van der Waals surface area contributed by atoms with Gasteiger partial charge in [-0.1, -0.05) is 30.3 Å². The van der Waals surface area contributed by atoms with Crippen LogP contribution >= 0.6 is 0 Å². The average molecular weight is 354 g/mol. The molecular weight excluding hydrogens is 327 g/mol. The van der Waals surface area contributed by atoms with Gasteiger partial charge in [0, 0.05) is 37.9 Å². The number of benzene rings is 2. The molecule has 4 rings (SSSR count). The van der Waals surface area contributed by atoms with Gasteiger partial charge in [0.25, 0.3) is 0 Å². The molecule has 1 N–H and O–H groups in total. The molecule has 0 aromatic heterocycles. The Balaban J connectivity index is 1.33. The highest BCUT2D eigenvalue weighted by Gasteiger charge is 2.29. The molecule has 0 bridgehead atoms. The van der Waals surface area contributed by atoms with E-state index in [1.54, 1.807) is 12.1 Å². The lowest BCUT2D eigenvalue weighted by Gasteiger charge is -2.38. The first kappa shape index (κ1) is 17.5. The summed E-state index contributed by atoms with van der Waals surface area (Å²) in [5.74, 6) is -0.0873. The quantitative estimate of drug-likeness (QED) is 0.892. The van der Waals surface area contributed by atoms with Crippen molar-refractivity contribution in [3.63, 3.8) is 0 Å². The van der Waals surface area contributed by atoms with Gasteiger partial charge in [-0.05, 0) is 54.5 Å². The first-order valence-corrected chi connectivity index (χ1v) is 9.69. The number of aliphatic hydroxyl groups is 1. The Morgan fingerprint density at radius 2 is 1.85 bits per heavy atom. The average Bonchev–Trinajstić information content (AvgIpc) is 3.11. The van der Waals surface area contributed by atoms with Gasteiger partial charge in [-0.25, -0.2) is 4.39 Å². The monoisotopic (exact) mass is 354 g/mol. The van der Waals surface area contributed by atoms with Crippen LogP contribution in [0.25, 0.3) is 0 Å². The summed E-state index contributed by atoms with van der Waals surface area (Å²) < 4.78 is 13.8. The van der Waals surface area contributed by atoms with Gasteiger partial charge in [0.15, 0.2) is 0 Å². The second kappa shape index (κ2) is 7.77. The van der Waals surface area contributed by atoms with Gasteiger partial charge in [0.1, 0.15) is 5.82 Å². The topological polar surface area (TPSA) is 26.7 Å². The molecule has 1 saturated heterocycles.